The lowest BCUT2D eigenvalue weighted by molar-refractivity contribution is 0.331. The first-order valence-corrected chi connectivity index (χ1v) is 9.82. The number of nitrogens with two attached hydrogens (primary N) is 1. The van der Waals surface area contributed by atoms with Crippen molar-refractivity contribution in [3.05, 3.63) is 18.2 Å². The number of rotatable bonds is 8. The fraction of sp³-hybridized carbons (Fsp3) is 0.538. The zero-order valence-electron chi connectivity index (χ0n) is 12.5. The summed E-state index contributed by atoms with van der Waals surface area (Å²) >= 11 is 0. The third-order valence-corrected chi connectivity index (χ3v) is 5.17. The van der Waals surface area contributed by atoms with Crippen LogP contribution in [-0.4, -0.2) is 37.3 Å². The zero-order chi connectivity index (χ0) is 16.0. The first-order chi connectivity index (χ1) is 9.76. The van der Waals surface area contributed by atoms with Gasteiger partial charge in [-0.05, 0) is 38.5 Å². The Hall–Kier alpha value is -1.12. The van der Waals surface area contributed by atoms with Crippen molar-refractivity contribution in [3.63, 3.8) is 0 Å². The maximum atomic E-state index is 12.4. The van der Waals surface area contributed by atoms with Gasteiger partial charge in [0.1, 0.15) is 10.6 Å². The summed E-state index contributed by atoms with van der Waals surface area (Å²) < 4.78 is 43.8. The molecule has 0 saturated carbocycles. The molecule has 0 aliphatic heterocycles. The van der Waals surface area contributed by atoms with Crippen LogP contribution in [0.3, 0.4) is 0 Å². The Morgan fingerprint density at radius 1 is 1.43 bits per heavy atom. The van der Waals surface area contributed by atoms with Gasteiger partial charge in [0.15, 0.2) is 0 Å². The van der Waals surface area contributed by atoms with Crippen molar-refractivity contribution in [2.45, 2.75) is 31.2 Å². The maximum Gasteiger partial charge on any atom is 0.244 e. The van der Waals surface area contributed by atoms with Crippen molar-refractivity contribution >= 4 is 26.5 Å². The topological polar surface area (TPSA) is 98.5 Å². The van der Waals surface area contributed by atoms with Crippen LogP contribution in [0, 0.1) is 0 Å². The van der Waals surface area contributed by atoms with Crippen LogP contribution in [0.25, 0.3) is 0 Å². The van der Waals surface area contributed by atoms with E-state index >= 15 is 0 Å². The molecule has 0 saturated heterocycles. The van der Waals surface area contributed by atoms with Gasteiger partial charge in [-0.2, -0.15) is 0 Å². The average Bonchev–Trinajstić information content (AvgIpc) is 2.38. The quantitative estimate of drug-likeness (QED) is 0.694. The molecule has 6 nitrogen and oxygen atoms in total. The molecule has 0 fully saturated rings. The Morgan fingerprint density at radius 3 is 2.67 bits per heavy atom. The van der Waals surface area contributed by atoms with Gasteiger partial charge in [0.2, 0.25) is 10.0 Å². The molecule has 0 amide bonds. The smallest absolute Gasteiger partial charge is 0.244 e. The predicted molar refractivity (Wildman–Crippen MR) is 85.4 cm³/mol. The predicted octanol–water partition coefficient (Wildman–Crippen LogP) is 1.10. The van der Waals surface area contributed by atoms with E-state index in [2.05, 4.69) is 4.72 Å². The molecule has 0 aliphatic carbocycles. The Morgan fingerprint density at radius 2 is 2.10 bits per heavy atom. The highest BCUT2D eigenvalue weighted by Gasteiger charge is 2.22. The van der Waals surface area contributed by atoms with E-state index in [0.29, 0.717) is 24.5 Å². The third-order valence-electron chi connectivity index (χ3n) is 2.75. The SMILES string of the molecule is CCOc1ccc(N)cc1S(=O)(=O)NC(C)CCS(C)=O. The number of anilines is 1. The highest BCUT2D eigenvalue weighted by molar-refractivity contribution is 7.89. The van der Waals surface area contributed by atoms with E-state index in [-0.39, 0.29) is 16.7 Å². The van der Waals surface area contributed by atoms with Gasteiger partial charge < -0.3 is 10.5 Å². The van der Waals surface area contributed by atoms with Gasteiger partial charge in [-0.1, -0.05) is 0 Å². The molecule has 0 aromatic heterocycles. The van der Waals surface area contributed by atoms with Crippen molar-refractivity contribution in [1.29, 1.82) is 0 Å². The molecule has 0 spiro atoms. The Balaban J connectivity index is 2.96. The molecular formula is C13H22N2O4S2. The Labute approximate surface area is 128 Å². The summed E-state index contributed by atoms with van der Waals surface area (Å²) in [5.41, 5.74) is 6.01. The number of nitrogens with one attached hydrogen (secondary N) is 1. The molecule has 1 rings (SSSR count). The molecule has 0 aliphatic rings. The second-order valence-electron chi connectivity index (χ2n) is 4.73. The van der Waals surface area contributed by atoms with Crippen LogP contribution in [-0.2, 0) is 20.8 Å². The van der Waals surface area contributed by atoms with E-state index in [1.54, 1.807) is 32.2 Å². The third kappa shape index (κ3) is 5.64. The van der Waals surface area contributed by atoms with Crippen LogP contribution < -0.4 is 15.2 Å². The van der Waals surface area contributed by atoms with Gasteiger partial charge in [0.25, 0.3) is 0 Å². The first-order valence-electron chi connectivity index (χ1n) is 6.61. The lowest BCUT2D eigenvalue weighted by Gasteiger charge is -2.16. The average molecular weight is 334 g/mol. The highest BCUT2D eigenvalue weighted by Crippen LogP contribution is 2.26. The maximum absolute atomic E-state index is 12.4. The van der Waals surface area contributed by atoms with Crippen molar-refractivity contribution < 1.29 is 17.4 Å². The van der Waals surface area contributed by atoms with Crippen molar-refractivity contribution in [2.75, 3.05) is 24.3 Å². The van der Waals surface area contributed by atoms with Crippen molar-refractivity contribution in [1.82, 2.24) is 4.72 Å². The minimum atomic E-state index is -3.74. The summed E-state index contributed by atoms with van der Waals surface area (Å²) in [6.45, 7) is 3.87. The van der Waals surface area contributed by atoms with Gasteiger partial charge in [-0.25, -0.2) is 13.1 Å². The molecule has 8 heteroatoms. The van der Waals surface area contributed by atoms with E-state index < -0.39 is 20.8 Å². The lowest BCUT2D eigenvalue weighted by Crippen LogP contribution is -2.33. The summed E-state index contributed by atoms with van der Waals surface area (Å²) in [6, 6.07) is 4.18. The summed E-state index contributed by atoms with van der Waals surface area (Å²) in [6.07, 6.45) is 2.08. The second kappa shape index (κ2) is 7.77. The highest BCUT2D eigenvalue weighted by atomic mass is 32.2. The van der Waals surface area contributed by atoms with Crippen molar-refractivity contribution in [2.24, 2.45) is 0 Å². The number of hydrogen-bond donors (Lipinski definition) is 2. The summed E-state index contributed by atoms with van der Waals surface area (Å²) in [5, 5.41) is 0. The largest absolute Gasteiger partial charge is 0.492 e. The molecule has 0 heterocycles. The monoisotopic (exact) mass is 334 g/mol. The number of nitrogen functional groups attached to an aromatic ring is 1. The van der Waals surface area contributed by atoms with E-state index in [9.17, 15) is 12.6 Å². The minimum Gasteiger partial charge on any atom is -0.492 e. The summed E-state index contributed by atoms with van der Waals surface area (Å²) in [5.74, 6) is 0.712. The number of hydrogen-bond acceptors (Lipinski definition) is 5. The molecule has 2 unspecified atom stereocenters. The zero-order valence-corrected chi connectivity index (χ0v) is 14.1. The lowest BCUT2D eigenvalue weighted by atomic mass is 10.3. The molecular weight excluding hydrogens is 312 g/mol. The van der Waals surface area contributed by atoms with Gasteiger partial charge in [-0.3, -0.25) is 4.21 Å². The van der Waals surface area contributed by atoms with E-state index in [1.807, 2.05) is 0 Å². The molecule has 21 heavy (non-hydrogen) atoms. The second-order valence-corrected chi connectivity index (χ2v) is 7.96. The van der Waals surface area contributed by atoms with Gasteiger partial charge in [0, 0.05) is 34.5 Å². The Bertz CT molecular complexity index is 602. The van der Waals surface area contributed by atoms with Gasteiger partial charge >= 0.3 is 0 Å². The standard InChI is InChI=1S/C13H22N2O4S2/c1-4-19-12-6-5-11(14)9-13(12)21(17,18)15-10(2)7-8-20(3)16/h5-6,9-10,15H,4,7-8,14H2,1-3H3. The van der Waals surface area contributed by atoms with Gasteiger partial charge in [-0.15, -0.1) is 0 Å². The summed E-state index contributed by atoms with van der Waals surface area (Å²) in [7, 11) is -4.69. The molecule has 0 radical (unpaired) electrons. The Kier molecular flexibility index (Phi) is 6.63. The minimum absolute atomic E-state index is 0.0221. The fourth-order valence-electron chi connectivity index (χ4n) is 1.74. The van der Waals surface area contributed by atoms with Crippen LogP contribution in [0.15, 0.2) is 23.1 Å². The van der Waals surface area contributed by atoms with Crippen LogP contribution in [0.5, 0.6) is 5.75 Å². The van der Waals surface area contributed by atoms with E-state index in [4.69, 9.17) is 10.5 Å². The van der Waals surface area contributed by atoms with E-state index in [0.717, 1.165) is 0 Å². The number of ether oxygens (including phenoxy) is 1. The summed E-state index contributed by atoms with van der Waals surface area (Å²) in [4.78, 5) is 0.0221. The normalized spacial score (nSPS) is 14.6. The fourth-order valence-corrected chi connectivity index (χ4v) is 3.88. The van der Waals surface area contributed by atoms with Gasteiger partial charge in [0.05, 0.1) is 6.61 Å². The van der Waals surface area contributed by atoms with Crippen LogP contribution in [0.2, 0.25) is 0 Å². The van der Waals surface area contributed by atoms with Crippen LogP contribution in [0.4, 0.5) is 5.69 Å². The number of benzene rings is 1. The molecule has 3 N–H and O–H groups in total. The molecule has 1 aromatic carbocycles. The molecule has 0 bridgehead atoms. The van der Waals surface area contributed by atoms with Crippen LogP contribution in [0.1, 0.15) is 20.3 Å². The number of sulfonamides is 1. The molecule has 120 valence electrons. The van der Waals surface area contributed by atoms with Crippen LogP contribution >= 0.6 is 0 Å². The van der Waals surface area contributed by atoms with E-state index in [1.165, 1.54) is 6.07 Å². The molecule has 2 atom stereocenters. The first kappa shape index (κ1) is 17.9. The molecule has 1 aromatic rings. The van der Waals surface area contributed by atoms with Crippen molar-refractivity contribution in [3.8, 4) is 5.75 Å².